The monoisotopic (exact) mass is 289 g/mol. The lowest BCUT2D eigenvalue weighted by Crippen LogP contribution is -2.45. The summed E-state index contributed by atoms with van der Waals surface area (Å²) in [5.41, 5.74) is 1.86. The largest absolute Gasteiger partial charge is 0.478 e. The zero-order chi connectivity index (χ0) is 15.7. The van der Waals surface area contributed by atoms with Crippen LogP contribution in [0.4, 0.5) is 0 Å². The highest BCUT2D eigenvalue weighted by Gasteiger charge is 2.31. The number of carboxylic acids is 1. The van der Waals surface area contributed by atoms with Crippen LogP contribution in [0.3, 0.4) is 0 Å². The van der Waals surface area contributed by atoms with Gasteiger partial charge in [0.1, 0.15) is 0 Å². The average molecular weight is 289 g/mol. The molecule has 4 nitrogen and oxygen atoms in total. The highest BCUT2D eigenvalue weighted by atomic mass is 16.4. The molecule has 0 saturated carbocycles. The zero-order valence-corrected chi connectivity index (χ0v) is 13.1. The average Bonchev–Trinajstić information content (AvgIpc) is 2.42. The van der Waals surface area contributed by atoms with Crippen LogP contribution in [0.5, 0.6) is 0 Å². The van der Waals surface area contributed by atoms with E-state index in [0.29, 0.717) is 23.6 Å². The molecule has 0 aromatic heterocycles. The molecule has 1 aromatic carbocycles. The van der Waals surface area contributed by atoms with Gasteiger partial charge in [0.2, 0.25) is 0 Å². The van der Waals surface area contributed by atoms with E-state index in [1.54, 1.807) is 19.9 Å². The van der Waals surface area contributed by atoms with E-state index in [1.165, 1.54) is 0 Å². The van der Waals surface area contributed by atoms with Crippen LogP contribution in [0.15, 0.2) is 12.1 Å². The van der Waals surface area contributed by atoms with Crippen LogP contribution in [0.25, 0.3) is 0 Å². The number of carboxylic acid groups (broad SMARTS) is 1. The van der Waals surface area contributed by atoms with Gasteiger partial charge in [0.05, 0.1) is 11.1 Å². The second kappa shape index (κ2) is 5.88. The highest BCUT2D eigenvalue weighted by molar-refractivity contribution is 6.06. The van der Waals surface area contributed by atoms with E-state index >= 15 is 0 Å². The van der Waals surface area contributed by atoms with Crippen molar-refractivity contribution in [1.29, 1.82) is 0 Å². The Kier molecular flexibility index (Phi) is 4.35. The van der Waals surface area contributed by atoms with Gasteiger partial charge >= 0.3 is 5.97 Å². The second-order valence-corrected chi connectivity index (χ2v) is 6.24. The molecule has 1 heterocycles. The summed E-state index contributed by atoms with van der Waals surface area (Å²) in [7, 11) is 0. The van der Waals surface area contributed by atoms with Gasteiger partial charge in [-0.1, -0.05) is 19.1 Å². The maximum atomic E-state index is 12.9. The first-order chi connectivity index (χ1) is 9.82. The van der Waals surface area contributed by atoms with Crippen LogP contribution in [0.1, 0.15) is 58.5 Å². The van der Waals surface area contributed by atoms with E-state index in [2.05, 4.69) is 6.92 Å². The fraction of sp³-hybridized carbons (Fsp3) is 0.529. The second-order valence-electron chi connectivity index (χ2n) is 6.24. The van der Waals surface area contributed by atoms with Gasteiger partial charge in [0.15, 0.2) is 0 Å². The van der Waals surface area contributed by atoms with E-state index in [9.17, 15) is 14.7 Å². The molecule has 2 rings (SSSR count). The predicted octanol–water partition coefficient (Wildman–Crippen LogP) is 3.26. The number of benzene rings is 1. The topological polar surface area (TPSA) is 57.6 Å². The molecule has 0 spiro atoms. The minimum absolute atomic E-state index is 0.144. The minimum Gasteiger partial charge on any atom is -0.478 e. The Morgan fingerprint density at radius 1 is 1.10 bits per heavy atom. The van der Waals surface area contributed by atoms with Gasteiger partial charge in [0.25, 0.3) is 5.91 Å². The number of aryl methyl sites for hydroxylation is 2. The molecule has 1 amide bonds. The van der Waals surface area contributed by atoms with Gasteiger partial charge in [-0.05, 0) is 50.7 Å². The van der Waals surface area contributed by atoms with Gasteiger partial charge < -0.3 is 10.0 Å². The maximum Gasteiger partial charge on any atom is 0.336 e. The van der Waals surface area contributed by atoms with Gasteiger partial charge in [-0.3, -0.25) is 4.79 Å². The summed E-state index contributed by atoms with van der Waals surface area (Å²) in [5, 5.41) is 9.47. The SMILES string of the molecule is Cc1ccc(C)c(C(=O)N2CC(C)CCC2C)c1C(=O)O. The molecular formula is C17H23NO3. The summed E-state index contributed by atoms with van der Waals surface area (Å²) in [6.07, 6.45) is 2.09. The van der Waals surface area contributed by atoms with Crippen LogP contribution in [0, 0.1) is 19.8 Å². The Balaban J connectivity index is 2.48. The first kappa shape index (κ1) is 15.5. The summed E-state index contributed by atoms with van der Waals surface area (Å²) in [5.74, 6) is -0.714. The number of carbonyl (C=O) groups is 2. The first-order valence-electron chi connectivity index (χ1n) is 7.47. The van der Waals surface area contributed by atoms with Gasteiger partial charge in [0, 0.05) is 12.6 Å². The van der Waals surface area contributed by atoms with Crippen molar-refractivity contribution in [3.63, 3.8) is 0 Å². The fourth-order valence-electron chi connectivity index (χ4n) is 3.08. The molecule has 4 heteroatoms. The van der Waals surface area contributed by atoms with Crippen molar-refractivity contribution in [2.75, 3.05) is 6.54 Å². The summed E-state index contributed by atoms with van der Waals surface area (Å²) >= 11 is 0. The summed E-state index contributed by atoms with van der Waals surface area (Å²) in [6, 6.07) is 3.75. The third-order valence-corrected chi connectivity index (χ3v) is 4.43. The summed E-state index contributed by atoms with van der Waals surface area (Å²) in [4.78, 5) is 26.3. The number of hydrogen-bond donors (Lipinski definition) is 1. The van der Waals surface area contributed by atoms with E-state index < -0.39 is 5.97 Å². The molecule has 1 fully saturated rings. The molecule has 1 aliphatic rings. The Labute approximate surface area is 125 Å². The van der Waals surface area contributed by atoms with E-state index in [0.717, 1.165) is 18.4 Å². The summed E-state index contributed by atoms with van der Waals surface area (Å²) < 4.78 is 0. The normalized spacial score (nSPS) is 22.2. The van der Waals surface area contributed by atoms with E-state index in [-0.39, 0.29) is 17.5 Å². The molecule has 1 N–H and O–H groups in total. The van der Waals surface area contributed by atoms with Crippen molar-refractivity contribution in [3.05, 3.63) is 34.4 Å². The number of likely N-dealkylation sites (tertiary alicyclic amines) is 1. The molecule has 0 bridgehead atoms. The summed E-state index contributed by atoms with van der Waals surface area (Å²) in [6.45, 7) is 8.41. The molecule has 1 aliphatic heterocycles. The zero-order valence-electron chi connectivity index (χ0n) is 13.1. The lowest BCUT2D eigenvalue weighted by Gasteiger charge is -2.37. The molecule has 2 atom stereocenters. The molecule has 1 aromatic rings. The van der Waals surface area contributed by atoms with Crippen molar-refractivity contribution in [2.45, 2.75) is 46.6 Å². The highest BCUT2D eigenvalue weighted by Crippen LogP contribution is 2.27. The van der Waals surface area contributed by atoms with Crippen molar-refractivity contribution >= 4 is 11.9 Å². The first-order valence-corrected chi connectivity index (χ1v) is 7.47. The number of hydrogen-bond acceptors (Lipinski definition) is 2. The molecule has 2 unspecified atom stereocenters. The lowest BCUT2D eigenvalue weighted by atomic mass is 9.91. The van der Waals surface area contributed by atoms with Crippen LogP contribution in [-0.4, -0.2) is 34.5 Å². The molecular weight excluding hydrogens is 266 g/mol. The molecule has 114 valence electrons. The number of piperidine rings is 1. The quantitative estimate of drug-likeness (QED) is 0.909. The Bertz CT molecular complexity index is 580. The minimum atomic E-state index is -1.03. The van der Waals surface area contributed by atoms with Gasteiger partial charge in [-0.15, -0.1) is 0 Å². The molecule has 0 radical (unpaired) electrons. The Hall–Kier alpha value is -1.84. The van der Waals surface area contributed by atoms with Crippen molar-refractivity contribution in [3.8, 4) is 0 Å². The number of aromatic carboxylic acids is 1. The van der Waals surface area contributed by atoms with E-state index in [4.69, 9.17) is 0 Å². The van der Waals surface area contributed by atoms with Crippen LogP contribution in [0.2, 0.25) is 0 Å². The Morgan fingerprint density at radius 2 is 1.67 bits per heavy atom. The number of nitrogens with zero attached hydrogens (tertiary/aromatic N) is 1. The standard InChI is InChI=1S/C17H23NO3/c1-10-5-8-13(4)18(9-10)16(19)14-11(2)6-7-12(3)15(14)17(20)21/h6-7,10,13H,5,8-9H2,1-4H3,(H,20,21). The third-order valence-electron chi connectivity index (χ3n) is 4.43. The predicted molar refractivity (Wildman–Crippen MR) is 81.8 cm³/mol. The molecule has 0 aliphatic carbocycles. The molecule has 1 saturated heterocycles. The van der Waals surface area contributed by atoms with Gasteiger partial charge in [-0.2, -0.15) is 0 Å². The third kappa shape index (κ3) is 2.94. The number of rotatable bonds is 2. The fourth-order valence-corrected chi connectivity index (χ4v) is 3.08. The number of amides is 1. The Morgan fingerprint density at radius 3 is 2.24 bits per heavy atom. The maximum absolute atomic E-state index is 12.9. The van der Waals surface area contributed by atoms with E-state index in [1.807, 2.05) is 17.9 Å². The van der Waals surface area contributed by atoms with Crippen LogP contribution in [-0.2, 0) is 0 Å². The molecule has 21 heavy (non-hydrogen) atoms. The van der Waals surface area contributed by atoms with Gasteiger partial charge in [-0.25, -0.2) is 4.79 Å². The lowest BCUT2D eigenvalue weighted by molar-refractivity contribution is 0.0559. The number of carbonyl (C=O) groups excluding carboxylic acids is 1. The van der Waals surface area contributed by atoms with Crippen molar-refractivity contribution in [2.24, 2.45) is 5.92 Å². The van der Waals surface area contributed by atoms with Crippen molar-refractivity contribution in [1.82, 2.24) is 4.90 Å². The van der Waals surface area contributed by atoms with Crippen LogP contribution >= 0.6 is 0 Å². The van der Waals surface area contributed by atoms with Crippen molar-refractivity contribution < 1.29 is 14.7 Å². The smallest absolute Gasteiger partial charge is 0.336 e. The van der Waals surface area contributed by atoms with Crippen LogP contribution < -0.4 is 0 Å².